The molecular weight excluding hydrogens is 342 g/mol. The third-order valence-electron chi connectivity index (χ3n) is 5.05. The number of nitrogens with one attached hydrogen (secondary N) is 2. The Morgan fingerprint density at radius 1 is 1.07 bits per heavy atom. The topological polar surface area (TPSA) is 91.0 Å². The van der Waals surface area contributed by atoms with Crippen LogP contribution in [0.4, 0.5) is 5.82 Å². The van der Waals surface area contributed by atoms with E-state index in [9.17, 15) is 9.59 Å². The average Bonchev–Trinajstić information content (AvgIpc) is 3.38. The summed E-state index contributed by atoms with van der Waals surface area (Å²) in [4.78, 5) is 27.0. The van der Waals surface area contributed by atoms with E-state index in [1.54, 1.807) is 4.90 Å². The smallest absolute Gasteiger partial charge is 0.278 e. The summed E-state index contributed by atoms with van der Waals surface area (Å²) in [6.07, 6.45) is 1.98. The SMILES string of the molecule is CC(C(=O)Nc1n[nH]nc1C(=O)N1CCCC1)c1ccc2ccccc2c1. The van der Waals surface area contributed by atoms with Crippen molar-refractivity contribution in [1.29, 1.82) is 0 Å². The van der Waals surface area contributed by atoms with Crippen molar-refractivity contribution in [3.8, 4) is 0 Å². The van der Waals surface area contributed by atoms with E-state index in [0.717, 1.165) is 29.2 Å². The molecule has 7 heteroatoms. The van der Waals surface area contributed by atoms with Gasteiger partial charge in [-0.2, -0.15) is 5.21 Å². The molecule has 2 N–H and O–H groups in total. The number of hydrogen-bond donors (Lipinski definition) is 2. The number of aromatic amines is 1. The summed E-state index contributed by atoms with van der Waals surface area (Å²) in [5.41, 5.74) is 1.07. The van der Waals surface area contributed by atoms with Crippen LogP contribution in [0.3, 0.4) is 0 Å². The van der Waals surface area contributed by atoms with Crippen LogP contribution in [0.1, 0.15) is 41.7 Å². The summed E-state index contributed by atoms with van der Waals surface area (Å²) in [6, 6.07) is 14.0. The maximum absolute atomic E-state index is 12.7. The number of nitrogens with zero attached hydrogens (tertiary/aromatic N) is 3. The van der Waals surface area contributed by atoms with E-state index in [4.69, 9.17) is 0 Å². The number of carbonyl (C=O) groups is 2. The van der Waals surface area contributed by atoms with Gasteiger partial charge in [-0.3, -0.25) is 9.59 Å². The lowest BCUT2D eigenvalue weighted by Gasteiger charge is -2.15. The summed E-state index contributed by atoms with van der Waals surface area (Å²) in [5.74, 6) is -0.629. The first-order chi connectivity index (χ1) is 13.1. The Hall–Kier alpha value is -3.22. The van der Waals surface area contributed by atoms with Crippen molar-refractivity contribution in [3.05, 3.63) is 53.7 Å². The number of amides is 2. The van der Waals surface area contributed by atoms with Crippen molar-refractivity contribution in [2.24, 2.45) is 0 Å². The lowest BCUT2D eigenvalue weighted by molar-refractivity contribution is -0.117. The first-order valence-corrected chi connectivity index (χ1v) is 9.13. The molecule has 0 radical (unpaired) electrons. The second-order valence-electron chi connectivity index (χ2n) is 6.84. The minimum absolute atomic E-state index is 0.163. The Balaban J connectivity index is 1.51. The Morgan fingerprint density at radius 3 is 2.59 bits per heavy atom. The van der Waals surface area contributed by atoms with Crippen molar-refractivity contribution in [3.63, 3.8) is 0 Å². The molecular formula is C20H21N5O2. The fourth-order valence-corrected chi connectivity index (χ4v) is 3.39. The number of carbonyl (C=O) groups excluding carboxylic acids is 2. The van der Waals surface area contributed by atoms with Crippen LogP contribution in [-0.2, 0) is 4.79 Å². The molecule has 2 amide bonds. The third-order valence-corrected chi connectivity index (χ3v) is 5.05. The van der Waals surface area contributed by atoms with E-state index in [1.807, 2.05) is 49.4 Å². The van der Waals surface area contributed by atoms with Gasteiger partial charge in [0.2, 0.25) is 5.91 Å². The molecule has 1 aliphatic heterocycles. The Labute approximate surface area is 156 Å². The van der Waals surface area contributed by atoms with E-state index in [2.05, 4.69) is 20.7 Å². The highest BCUT2D eigenvalue weighted by molar-refractivity contribution is 6.02. The van der Waals surface area contributed by atoms with Gasteiger partial charge in [-0.15, -0.1) is 10.2 Å². The first-order valence-electron chi connectivity index (χ1n) is 9.13. The molecule has 1 aromatic heterocycles. The number of hydrogen-bond acceptors (Lipinski definition) is 4. The molecule has 1 unspecified atom stereocenters. The normalized spacial score (nSPS) is 15.1. The molecule has 0 bridgehead atoms. The summed E-state index contributed by atoms with van der Waals surface area (Å²) in [6.45, 7) is 3.26. The zero-order chi connectivity index (χ0) is 18.8. The molecule has 1 atom stereocenters. The second kappa shape index (κ2) is 7.19. The van der Waals surface area contributed by atoms with E-state index < -0.39 is 0 Å². The van der Waals surface area contributed by atoms with Crippen molar-refractivity contribution in [1.82, 2.24) is 20.3 Å². The third kappa shape index (κ3) is 3.40. The van der Waals surface area contributed by atoms with E-state index in [0.29, 0.717) is 13.1 Å². The van der Waals surface area contributed by atoms with Gasteiger partial charge in [0.1, 0.15) is 0 Å². The van der Waals surface area contributed by atoms with Crippen LogP contribution < -0.4 is 5.32 Å². The average molecular weight is 363 g/mol. The lowest BCUT2D eigenvalue weighted by Crippen LogP contribution is -2.29. The molecule has 27 heavy (non-hydrogen) atoms. The summed E-state index contributed by atoms with van der Waals surface area (Å²) < 4.78 is 0. The van der Waals surface area contributed by atoms with Gasteiger partial charge in [0, 0.05) is 13.1 Å². The van der Waals surface area contributed by atoms with Gasteiger partial charge in [0.05, 0.1) is 5.92 Å². The van der Waals surface area contributed by atoms with Crippen molar-refractivity contribution in [2.45, 2.75) is 25.7 Å². The summed E-state index contributed by atoms with van der Waals surface area (Å²) in [5, 5.41) is 15.3. The molecule has 7 nitrogen and oxygen atoms in total. The molecule has 1 aliphatic rings. The van der Waals surface area contributed by atoms with Gasteiger partial charge >= 0.3 is 0 Å². The van der Waals surface area contributed by atoms with Crippen molar-refractivity contribution in [2.75, 3.05) is 18.4 Å². The van der Waals surface area contributed by atoms with Gasteiger partial charge in [-0.25, -0.2) is 0 Å². The largest absolute Gasteiger partial charge is 0.337 e. The number of benzene rings is 2. The number of rotatable bonds is 4. The molecule has 1 saturated heterocycles. The standard InChI is InChI=1S/C20H21N5O2/c1-13(15-9-8-14-6-2-3-7-16(14)12-15)19(26)21-18-17(22-24-23-18)20(27)25-10-4-5-11-25/h2-3,6-9,12-13H,4-5,10-11H2,1H3,(H2,21,22,23,24,26). The Morgan fingerprint density at radius 2 is 1.81 bits per heavy atom. The van der Waals surface area contributed by atoms with Crippen LogP contribution in [0.15, 0.2) is 42.5 Å². The van der Waals surface area contributed by atoms with Crippen LogP contribution >= 0.6 is 0 Å². The minimum Gasteiger partial charge on any atom is -0.337 e. The Bertz CT molecular complexity index is 991. The van der Waals surface area contributed by atoms with Crippen LogP contribution in [-0.4, -0.2) is 45.2 Å². The molecule has 138 valence electrons. The molecule has 0 spiro atoms. The number of anilines is 1. The number of aromatic nitrogens is 3. The predicted octanol–water partition coefficient (Wildman–Crippen LogP) is 2.94. The molecule has 2 aromatic carbocycles. The molecule has 4 rings (SSSR count). The monoisotopic (exact) mass is 363 g/mol. The van der Waals surface area contributed by atoms with Gasteiger partial charge in [0.25, 0.3) is 5.91 Å². The van der Waals surface area contributed by atoms with Gasteiger partial charge in [-0.1, -0.05) is 42.5 Å². The fraction of sp³-hybridized carbons (Fsp3) is 0.300. The maximum Gasteiger partial charge on any atom is 0.278 e. The van der Waals surface area contributed by atoms with Crippen LogP contribution in [0.5, 0.6) is 0 Å². The number of H-pyrrole nitrogens is 1. The highest BCUT2D eigenvalue weighted by Gasteiger charge is 2.27. The van der Waals surface area contributed by atoms with Crippen molar-refractivity contribution >= 4 is 28.4 Å². The zero-order valence-electron chi connectivity index (χ0n) is 15.1. The van der Waals surface area contributed by atoms with E-state index >= 15 is 0 Å². The first kappa shape index (κ1) is 17.2. The summed E-state index contributed by atoms with van der Waals surface area (Å²) in [7, 11) is 0. The van der Waals surface area contributed by atoms with E-state index in [1.165, 1.54) is 0 Å². The van der Waals surface area contributed by atoms with E-state index in [-0.39, 0.29) is 29.2 Å². The number of likely N-dealkylation sites (tertiary alicyclic amines) is 1. The molecule has 2 heterocycles. The second-order valence-corrected chi connectivity index (χ2v) is 6.84. The van der Waals surface area contributed by atoms with Gasteiger partial charge in [0.15, 0.2) is 11.5 Å². The van der Waals surface area contributed by atoms with Gasteiger partial charge < -0.3 is 10.2 Å². The highest BCUT2D eigenvalue weighted by atomic mass is 16.2. The van der Waals surface area contributed by atoms with Crippen molar-refractivity contribution < 1.29 is 9.59 Å². The highest BCUT2D eigenvalue weighted by Crippen LogP contribution is 2.23. The maximum atomic E-state index is 12.7. The minimum atomic E-state index is -0.388. The molecule has 3 aromatic rings. The number of fused-ring (bicyclic) bond motifs is 1. The van der Waals surface area contributed by atoms with Crippen LogP contribution in [0, 0.1) is 0 Å². The lowest BCUT2D eigenvalue weighted by atomic mass is 9.97. The zero-order valence-corrected chi connectivity index (χ0v) is 15.1. The summed E-state index contributed by atoms with van der Waals surface area (Å²) >= 11 is 0. The van der Waals surface area contributed by atoms with Gasteiger partial charge in [-0.05, 0) is 36.1 Å². The molecule has 1 fully saturated rings. The molecule has 0 aliphatic carbocycles. The Kier molecular flexibility index (Phi) is 4.58. The van der Waals surface area contributed by atoms with Crippen LogP contribution in [0.25, 0.3) is 10.8 Å². The predicted molar refractivity (Wildman–Crippen MR) is 103 cm³/mol. The molecule has 0 saturated carbocycles. The quantitative estimate of drug-likeness (QED) is 0.746. The fourth-order valence-electron chi connectivity index (χ4n) is 3.39. The van der Waals surface area contributed by atoms with Crippen LogP contribution in [0.2, 0.25) is 0 Å².